The van der Waals surface area contributed by atoms with Crippen LogP contribution in [0.5, 0.6) is 0 Å². The highest BCUT2D eigenvalue weighted by Gasteiger charge is 2.29. The zero-order chi connectivity index (χ0) is 15.4. The second-order valence-corrected chi connectivity index (χ2v) is 5.36. The molecule has 0 saturated carbocycles. The average Bonchev–Trinajstić information content (AvgIpc) is 3.22. The number of aromatic nitrogens is 1. The molecular formula is C17H17N3O2. The Balaban J connectivity index is 1.61. The zero-order valence-electron chi connectivity index (χ0n) is 12.1. The fourth-order valence-corrected chi connectivity index (χ4v) is 2.77. The Morgan fingerprint density at radius 3 is 2.86 bits per heavy atom. The second kappa shape index (κ2) is 6.46. The summed E-state index contributed by atoms with van der Waals surface area (Å²) in [5.74, 6) is 0.0666. The summed E-state index contributed by atoms with van der Waals surface area (Å²) in [5, 5.41) is 11.7. The smallest absolute Gasteiger partial charge is 0.267 e. The van der Waals surface area contributed by atoms with Crippen molar-refractivity contribution < 1.29 is 9.53 Å². The van der Waals surface area contributed by atoms with E-state index >= 15 is 0 Å². The van der Waals surface area contributed by atoms with Gasteiger partial charge in [0.15, 0.2) is 0 Å². The molecule has 3 rings (SSSR count). The molecule has 1 saturated heterocycles. The first-order valence-corrected chi connectivity index (χ1v) is 7.32. The largest absolute Gasteiger partial charge is 0.373 e. The third-order valence-electron chi connectivity index (χ3n) is 3.92. The summed E-state index contributed by atoms with van der Waals surface area (Å²) in [6, 6.07) is 15.3. The van der Waals surface area contributed by atoms with Crippen LogP contribution in [0.15, 0.2) is 42.5 Å². The number of hydrogen-bond acceptors (Lipinski definition) is 3. The molecule has 2 heterocycles. The number of nitrogens with zero attached hydrogens (tertiary/aromatic N) is 1. The molecule has 1 aliphatic rings. The van der Waals surface area contributed by atoms with Gasteiger partial charge >= 0.3 is 0 Å². The summed E-state index contributed by atoms with van der Waals surface area (Å²) >= 11 is 0. The van der Waals surface area contributed by atoms with Crippen LogP contribution in [-0.4, -0.2) is 24.0 Å². The molecule has 2 atom stereocenters. The summed E-state index contributed by atoms with van der Waals surface area (Å²) < 4.78 is 5.81. The standard InChI is InChI=1S/C17H17N3O2/c18-10-14-6-7-15(20-14)17(21)19-11-13-8-9-22-16(13)12-4-2-1-3-5-12/h1-7,13,16,20H,8-9,11H2,(H,19,21)/t13-,16-/m1/s1. The van der Waals surface area contributed by atoms with Gasteiger partial charge in [0.2, 0.25) is 0 Å². The SMILES string of the molecule is N#Cc1ccc(C(=O)NC[C@H]2CCO[C@@H]2c2ccccc2)[nH]1. The number of nitrogens with one attached hydrogen (secondary N) is 2. The lowest BCUT2D eigenvalue weighted by Crippen LogP contribution is -2.30. The molecule has 1 fully saturated rings. The first-order chi connectivity index (χ1) is 10.8. The van der Waals surface area contributed by atoms with E-state index in [9.17, 15) is 4.79 Å². The van der Waals surface area contributed by atoms with Gasteiger partial charge in [0.25, 0.3) is 5.91 Å². The predicted molar refractivity (Wildman–Crippen MR) is 81.1 cm³/mol. The highest BCUT2D eigenvalue weighted by Crippen LogP contribution is 2.33. The molecule has 5 nitrogen and oxygen atoms in total. The van der Waals surface area contributed by atoms with Gasteiger partial charge in [0.05, 0.1) is 6.10 Å². The van der Waals surface area contributed by atoms with E-state index in [1.807, 2.05) is 24.3 Å². The Kier molecular flexibility index (Phi) is 4.22. The molecule has 0 spiro atoms. The summed E-state index contributed by atoms with van der Waals surface area (Å²) in [4.78, 5) is 14.9. The van der Waals surface area contributed by atoms with Gasteiger partial charge < -0.3 is 15.0 Å². The third-order valence-corrected chi connectivity index (χ3v) is 3.92. The number of benzene rings is 1. The van der Waals surface area contributed by atoms with Gasteiger partial charge in [-0.2, -0.15) is 5.26 Å². The zero-order valence-corrected chi connectivity index (χ0v) is 12.1. The van der Waals surface area contributed by atoms with Crippen LogP contribution in [0.4, 0.5) is 0 Å². The van der Waals surface area contributed by atoms with Crippen molar-refractivity contribution in [1.82, 2.24) is 10.3 Å². The minimum absolute atomic E-state index is 0.0276. The van der Waals surface area contributed by atoms with E-state index in [2.05, 4.69) is 22.4 Å². The monoisotopic (exact) mass is 295 g/mol. The topological polar surface area (TPSA) is 77.9 Å². The molecule has 0 bridgehead atoms. The Morgan fingerprint density at radius 2 is 2.14 bits per heavy atom. The van der Waals surface area contributed by atoms with Crippen molar-refractivity contribution >= 4 is 5.91 Å². The van der Waals surface area contributed by atoms with Crippen LogP contribution >= 0.6 is 0 Å². The van der Waals surface area contributed by atoms with Crippen LogP contribution < -0.4 is 5.32 Å². The lowest BCUT2D eigenvalue weighted by Gasteiger charge is -2.19. The normalized spacial score (nSPS) is 20.5. The maximum absolute atomic E-state index is 12.1. The summed E-state index contributed by atoms with van der Waals surface area (Å²) in [7, 11) is 0. The number of hydrogen-bond donors (Lipinski definition) is 2. The molecular weight excluding hydrogens is 278 g/mol. The number of rotatable bonds is 4. The van der Waals surface area contributed by atoms with Crippen LogP contribution in [0.1, 0.15) is 34.3 Å². The summed E-state index contributed by atoms with van der Waals surface area (Å²) in [5.41, 5.74) is 1.94. The minimum Gasteiger partial charge on any atom is -0.373 e. The molecule has 5 heteroatoms. The number of amides is 1. The number of ether oxygens (including phenoxy) is 1. The van der Waals surface area contributed by atoms with Crippen molar-refractivity contribution in [3.05, 3.63) is 59.4 Å². The van der Waals surface area contributed by atoms with E-state index in [0.717, 1.165) is 12.0 Å². The first-order valence-electron chi connectivity index (χ1n) is 7.32. The lowest BCUT2D eigenvalue weighted by molar-refractivity contribution is 0.0844. The van der Waals surface area contributed by atoms with Crippen LogP contribution in [-0.2, 0) is 4.74 Å². The molecule has 0 aliphatic carbocycles. The molecule has 22 heavy (non-hydrogen) atoms. The Hall–Kier alpha value is -2.58. The van der Waals surface area contributed by atoms with Gasteiger partial charge in [0.1, 0.15) is 17.5 Å². The Labute approximate surface area is 128 Å². The molecule has 112 valence electrons. The quantitative estimate of drug-likeness (QED) is 0.909. The summed E-state index contributed by atoms with van der Waals surface area (Å²) in [6.45, 7) is 1.26. The van der Waals surface area contributed by atoms with Crippen molar-refractivity contribution in [1.29, 1.82) is 5.26 Å². The maximum Gasteiger partial charge on any atom is 0.267 e. The van der Waals surface area contributed by atoms with Gasteiger partial charge in [-0.05, 0) is 24.1 Å². The first kappa shape index (κ1) is 14.4. The fourth-order valence-electron chi connectivity index (χ4n) is 2.77. The molecule has 1 aromatic carbocycles. The molecule has 1 aliphatic heterocycles. The van der Waals surface area contributed by atoms with Crippen molar-refractivity contribution in [3.63, 3.8) is 0 Å². The number of carbonyl (C=O) groups is 1. The van der Waals surface area contributed by atoms with Crippen molar-refractivity contribution in [2.75, 3.05) is 13.2 Å². The number of aromatic amines is 1. The van der Waals surface area contributed by atoms with Crippen molar-refractivity contribution in [2.24, 2.45) is 5.92 Å². The van der Waals surface area contributed by atoms with Crippen molar-refractivity contribution in [2.45, 2.75) is 12.5 Å². The number of H-pyrrole nitrogens is 1. The maximum atomic E-state index is 12.1. The Bertz CT molecular complexity index is 687. The van der Waals surface area contributed by atoms with E-state index in [1.54, 1.807) is 12.1 Å². The molecule has 0 unspecified atom stereocenters. The van der Waals surface area contributed by atoms with Gasteiger partial charge in [-0.25, -0.2) is 0 Å². The van der Waals surface area contributed by atoms with Gasteiger partial charge in [-0.1, -0.05) is 30.3 Å². The molecule has 0 radical (unpaired) electrons. The van der Waals surface area contributed by atoms with Gasteiger partial charge in [-0.15, -0.1) is 0 Å². The van der Waals surface area contributed by atoms with E-state index in [0.29, 0.717) is 24.5 Å². The summed E-state index contributed by atoms with van der Waals surface area (Å²) in [6.07, 6.45) is 0.952. The molecule has 2 N–H and O–H groups in total. The van der Waals surface area contributed by atoms with E-state index < -0.39 is 0 Å². The minimum atomic E-state index is -0.194. The number of nitriles is 1. The van der Waals surface area contributed by atoms with Gasteiger partial charge in [0, 0.05) is 19.1 Å². The van der Waals surface area contributed by atoms with E-state index in [4.69, 9.17) is 10.00 Å². The molecule has 2 aromatic rings. The lowest BCUT2D eigenvalue weighted by atomic mass is 9.95. The third kappa shape index (κ3) is 3.02. The van der Waals surface area contributed by atoms with Crippen molar-refractivity contribution in [3.8, 4) is 6.07 Å². The van der Waals surface area contributed by atoms with Crippen LogP contribution in [0.3, 0.4) is 0 Å². The predicted octanol–water partition coefficient (Wildman–Crippen LogP) is 2.39. The number of carbonyl (C=O) groups excluding carboxylic acids is 1. The van der Waals surface area contributed by atoms with Gasteiger partial charge in [-0.3, -0.25) is 4.79 Å². The second-order valence-electron chi connectivity index (χ2n) is 5.36. The molecule has 1 aromatic heterocycles. The van der Waals surface area contributed by atoms with Crippen LogP contribution in [0.25, 0.3) is 0 Å². The average molecular weight is 295 g/mol. The highest BCUT2D eigenvalue weighted by molar-refractivity contribution is 5.92. The highest BCUT2D eigenvalue weighted by atomic mass is 16.5. The van der Waals surface area contributed by atoms with E-state index in [1.165, 1.54) is 0 Å². The fraction of sp³-hybridized carbons (Fsp3) is 0.294. The Morgan fingerprint density at radius 1 is 1.32 bits per heavy atom. The molecule has 1 amide bonds. The van der Waals surface area contributed by atoms with E-state index in [-0.39, 0.29) is 17.9 Å². The van der Waals surface area contributed by atoms with Crippen LogP contribution in [0, 0.1) is 17.2 Å². The van der Waals surface area contributed by atoms with Crippen LogP contribution in [0.2, 0.25) is 0 Å².